The van der Waals surface area contributed by atoms with E-state index in [2.05, 4.69) is 36.4 Å². The van der Waals surface area contributed by atoms with Crippen molar-refractivity contribution in [2.75, 3.05) is 0 Å². The number of halogens is 6. The van der Waals surface area contributed by atoms with Crippen molar-refractivity contribution in [2.24, 2.45) is 0 Å². The summed E-state index contributed by atoms with van der Waals surface area (Å²) in [5.41, 5.74) is 5.82. The van der Waals surface area contributed by atoms with Crippen LogP contribution in [0.4, 0.5) is 26.3 Å². The van der Waals surface area contributed by atoms with Crippen LogP contribution in [0.15, 0.2) is 115 Å². The maximum absolute atomic E-state index is 14.3. The predicted octanol–water partition coefficient (Wildman–Crippen LogP) is 14.0. The van der Waals surface area contributed by atoms with E-state index in [9.17, 15) is 36.9 Å². The average molecular weight is 816 g/mol. The first-order chi connectivity index (χ1) is 29.1. The van der Waals surface area contributed by atoms with E-state index >= 15 is 0 Å². The smallest absolute Gasteiger partial charge is 0.308 e. The Bertz CT molecular complexity index is 3290. The van der Waals surface area contributed by atoms with E-state index in [1.165, 1.54) is 16.7 Å². The zero-order valence-corrected chi connectivity index (χ0v) is 33.0. The summed E-state index contributed by atoms with van der Waals surface area (Å²) in [6.45, 7) is 7.94. The van der Waals surface area contributed by atoms with Gasteiger partial charge >= 0.3 is 12.4 Å². The van der Waals surface area contributed by atoms with Crippen LogP contribution in [0.5, 0.6) is 0 Å². The van der Waals surface area contributed by atoms with Gasteiger partial charge in [0, 0.05) is 32.3 Å². The van der Waals surface area contributed by atoms with Crippen molar-refractivity contribution in [1.29, 1.82) is 10.5 Å². The molecule has 0 aliphatic rings. The molecule has 0 aliphatic heterocycles. The third-order valence-corrected chi connectivity index (χ3v) is 11.8. The minimum atomic E-state index is -4.81. The SMILES string of the molecule is Cc1ccc2c(c1)c1cc(C)ccc1n2-c1cc(-n2c3ccc(C)cc3c3cc(C)ccc32)c(C#N)c(-n2c3ccc(C(F)(F)F)cc3c3cc(C(F)(F)F)ccc32)c1C#N. The summed E-state index contributed by atoms with van der Waals surface area (Å²) in [6.07, 6.45) is -9.62. The number of benzene rings is 7. The Kier molecular flexibility index (Phi) is 8.04. The Morgan fingerprint density at radius 1 is 0.377 bits per heavy atom. The van der Waals surface area contributed by atoms with Crippen molar-refractivity contribution in [1.82, 2.24) is 13.7 Å². The van der Waals surface area contributed by atoms with Crippen LogP contribution < -0.4 is 0 Å². The Hall–Kier alpha value is -7.50. The summed E-state index contributed by atoms with van der Waals surface area (Å²) in [7, 11) is 0. The first-order valence-electron chi connectivity index (χ1n) is 19.3. The lowest BCUT2D eigenvalue weighted by molar-refractivity contribution is -0.138. The van der Waals surface area contributed by atoms with Gasteiger partial charge in [-0.2, -0.15) is 36.9 Å². The molecule has 5 nitrogen and oxygen atoms in total. The monoisotopic (exact) mass is 815 g/mol. The van der Waals surface area contributed by atoms with Crippen LogP contribution in [0, 0.1) is 50.4 Å². The Balaban J connectivity index is 1.46. The molecule has 0 amide bonds. The minimum absolute atomic E-state index is 0.00805. The highest BCUT2D eigenvalue weighted by molar-refractivity contribution is 6.13. The van der Waals surface area contributed by atoms with Crippen molar-refractivity contribution in [3.63, 3.8) is 0 Å². The van der Waals surface area contributed by atoms with Gasteiger partial charge in [-0.3, -0.25) is 0 Å². The van der Waals surface area contributed by atoms with Gasteiger partial charge < -0.3 is 13.7 Å². The average Bonchev–Trinajstić information content (AvgIpc) is 3.83. The molecule has 0 radical (unpaired) electrons. The summed E-state index contributed by atoms with van der Waals surface area (Å²) in [4.78, 5) is 0. The van der Waals surface area contributed by atoms with Crippen LogP contribution in [-0.4, -0.2) is 13.7 Å². The summed E-state index contributed by atoms with van der Waals surface area (Å²) in [5, 5.41) is 26.3. The highest BCUT2D eigenvalue weighted by Gasteiger charge is 2.35. The molecule has 3 heterocycles. The fourth-order valence-corrected chi connectivity index (χ4v) is 9.08. The van der Waals surface area contributed by atoms with Crippen LogP contribution in [0.3, 0.4) is 0 Å². The normalized spacial score (nSPS) is 12.4. The third kappa shape index (κ3) is 5.61. The zero-order chi connectivity index (χ0) is 42.9. The van der Waals surface area contributed by atoms with Gasteiger partial charge in [0.05, 0.1) is 61.3 Å². The van der Waals surface area contributed by atoms with Crippen molar-refractivity contribution in [2.45, 2.75) is 40.0 Å². The number of hydrogen-bond donors (Lipinski definition) is 0. The van der Waals surface area contributed by atoms with Gasteiger partial charge in [-0.15, -0.1) is 0 Å². The molecule has 11 heteroatoms. The van der Waals surface area contributed by atoms with E-state index in [0.717, 1.165) is 90.1 Å². The maximum Gasteiger partial charge on any atom is 0.416 e. The second-order valence-corrected chi connectivity index (χ2v) is 15.8. The van der Waals surface area contributed by atoms with Gasteiger partial charge in [0.1, 0.15) is 23.3 Å². The second-order valence-electron chi connectivity index (χ2n) is 15.8. The fourth-order valence-electron chi connectivity index (χ4n) is 9.08. The van der Waals surface area contributed by atoms with Gasteiger partial charge in [0.15, 0.2) is 0 Å². The zero-order valence-electron chi connectivity index (χ0n) is 33.0. The molecule has 0 saturated heterocycles. The Morgan fingerprint density at radius 2 is 0.656 bits per heavy atom. The largest absolute Gasteiger partial charge is 0.416 e. The van der Waals surface area contributed by atoms with Gasteiger partial charge in [-0.1, -0.05) is 46.5 Å². The predicted molar refractivity (Wildman–Crippen MR) is 228 cm³/mol. The molecule has 0 bridgehead atoms. The van der Waals surface area contributed by atoms with Gasteiger partial charge in [-0.25, -0.2) is 0 Å². The Labute approximate surface area is 344 Å². The molecule has 0 unspecified atom stereocenters. The molecular formula is C50H31F6N5. The number of aryl methyl sites for hydroxylation is 4. The lowest BCUT2D eigenvalue weighted by Gasteiger charge is -2.21. The number of rotatable bonds is 3. The molecule has 7 aromatic carbocycles. The molecular weight excluding hydrogens is 785 g/mol. The molecule has 0 saturated carbocycles. The molecule has 10 rings (SSSR count). The fraction of sp³-hybridized carbons (Fsp3) is 0.120. The van der Waals surface area contributed by atoms with E-state index < -0.39 is 23.5 Å². The third-order valence-electron chi connectivity index (χ3n) is 11.8. The number of aromatic nitrogens is 3. The first kappa shape index (κ1) is 37.7. The van der Waals surface area contributed by atoms with Gasteiger partial charge in [-0.05, 0) is 119 Å². The first-order valence-corrected chi connectivity index (χ1v) is 19.3. The van der Waals surface area contributed by atoms with Crippen molar-refractivity contribution >= 4 is 65.4 Å². The molecule has 3 aromatic heterocycles. The highest BCUT2D eigenvalue weighted by Crippen LogP contribution is 2.45. The lowest BCUT2D eigenvalue weighted by atomic mass is 10.0. The van der Waals surface area contributed by atoms with Gasteiger partial charge in [0.2, 0.25) is 0 Å². The molecule has 0 spiro atoms. The summed E-state index contributed by atoms with van der Waals surface area (Å²) in [6, 6.07) is 36.2. The van der Waals surface area contributed by atoms with Crippen molar-refractivity contribution in [3.8, 4) is 29.2 Å². The molecule has 0 fully saturated rings. The lowest BCUT2D eigenvalue weighted by Crippen LogP contribution is -2.11. The van der Waals surface area contributed by atoms with Crippen molar-refractivity contribution in [3.05, 3.63) is 160 Å². The summed E-state index contributed by atoms with van der Waals surface area (Å²) >= 11 is 0. The van der Waals surface area contributed by atoms with E-state index in [1.807, 2.05) is 85.4 Å². The minimum Gasteiger partial charge on any atom is -0.308 e. The number of alkyl halides is 6. The quantitative estimate of drug-likeness (QED) is 0.167. The van der Waals surface area contributed by atoms with Crippen LogP contribution >= 0.6 is 0 Å². The van der Waals surface area contributed by atoms with E-state index in [-0.39, 0.29) is 38.6 Å². The highest BCUT2D eigenvalue weighted by atomic mass is 19.4. The van der Waals surface area contributed by atoms with E-state index in [4.69, 9.17) is 0 Å². The maximum atomic E-state index is 14.3. The summed E-state index contributed by atoms with van der Waals surface area (Å²) in [5.74, 6) is 0. The Morgan fingerprint density at radius 3 is 0.951 bits per heavy atom. The van der Waals surface area contributed by atoms with Gasteiger partial charge in [0.25, 0.3) is 0 Å². The molecule has 0 atom stereocenters. The van der Waals surface area contributed by atoms with E-state index in [1.54, 1.807) is 6.07 Å². The topological polar surface area (TPSA) is 62.4 Å². The van der Waals surface area contributed by atoms with E-state index in [0.29, 0.717) is 11.4 Å². The standard InChI is InChI=1S/C50H31F6N5/c1-26-5-11-40-32(17-26)33-18-27(2)6-12-41(33)59(40)46-23-47(60-42-13-7-28(3)19-34(42)35-20-29(4)8-14-43(35)60)39(25-58)48(38(46)24-57)61-44-15-9-30(49(51,52)53)21-36(44)37-22-31(50(54,55)56)10-16-45(37)61/h5-23H,1-4H3. The number of hydrogen-bond acceptors (Lipinski definition) is 2. The van der Waals surface area contributed by atoms with Crippen molar-refractivity contribution < 1.29 is 26.3 Å². The number of fused-ring (bicyclic) bond motifs is 9. The van der Waals surface area contributed by atoms with Crippen LogP contribution in [0.1, 0.15) is 44.5 Å². The molecule has 10 aromatic rings. The second kappa shape index (κ2) is 13.0. The number of nitrogens with zero attached hydrogens (tertiary/aromatic N) is 5. The van der Waals surface area contributed by atoms with Crippen LogP contribution in [0.2, 0.25) is 0 Å². The molecule has 61 heavy (non-hydrogen) atoms. The molecule has 0 aliphatic carbocycles. The van der Waals surface area contributed by atoms with Crippen LogP contribution in [0.25, 0.3) is 82.5 Å². The molecule has 0 N–H and O–H groups in total. The molecule has 298 valence electrons. The number of nitriles is 2. The summed E-state index contributed by atoms with van der Waals surface area (Å²) < 4.78 is 91.2. The van der Waals surface area contributed by atoms with Crippen LogP contribution in [-0.2, 0) is 12.4 Å².